The van der Waals surface area contributed by atoms with E-state index in [1.54, 1.807) is 12.1 Å². The quantitative estimate of drug-likeness (QED) is 0.814. The van der Waals surface area contributed by atoms with Gasteiger partial charge in [-0.1, -0.05) is 16.7 Å². The highest BCUT2D eigenvalue weighted by atomic mass is 35.5. The minimum absolute atomic E-state index is 0.0626. The first-order valence-electron chi connectivity index (χ1n) is 6.27. The fourth-order valence-electron chi connectivity index (χ4n) is 1.54. The largest absolute Gasteiger partial charge is 0.495 e. The number of aromatic nitrogens is 4. The number of nitrogens with zero attached hydrogens (tertiary/aromatic N) is 4. The summed E-state index contributed by atoms with van der Waals surface area (Å²) in [6.45, 7) is 2.46. The van der Waals surface area contributed by atoms with Gasteiger partial charge in [-0.3, -0.25) is 15.4 Å². The van der Waals surface area contributed by atoms with Gasteiger partial charge in [0.2, 0.25) is 0 Å². The summed E-state index contributed by atoms with van der Waals surface area (Å²) >= 11 is 11.0. The number of halogens is 1. The summed E-state index contributed by atoms with van der Waals surface area (Å²) in [6, 6.07) is 4.67. The van der Waals surface area contributed by atoms with E-state index in [0.717, 1.165) is 0 Å². The summed E-state index contributed by atoms with van der Waals surface area (Å²) in [4.78, 5) is 13.4. The van der Waals surface area contributed by atoms with Crippen LogP contribution in [0.15, 0.2) is 18.2 Å². The lowest BCUT2D eigenvalue weighted by Crippen LogP contribution is -2.34. The fraction of sp³-hybridized carbons (Fsp3) is 0.250. The van der Waals surface area contributed by atoms with Gasteiger partial charge in [0.05, 0.1) is 18.7 Å². The Balaban J connectivity index is 1.98. The van der Waals surface area contributed by atoms with Crippen molar-refractivity contribution in [2.45, 2.75) is 13.5 Å². The molecule has 0 bridgehead atoms. The number of tetrazole rings is 1. The summed E-state index contributed by atoms with van der Waals surface area (Å²) in [6.07, 6.45) is 0. The highest BCUT2D eigenvalue weighted by molar-refractivity contribution is 7.80. The Hall–Kier alpha value is -2.26. The molecule has 0 radical (unpaired) electrons. The number of aryl methyl sites for hydroxylation is 1. The number of anilines is 1. The van der Waals surface area contributed by atoms with Gasteiger partial charge in [0.25, 0.3) is 11.9 Å². The van der Waals surface area contributed by atoms with Crippen molar-refractivity contribution in [3.05, 3.63) is 28.8 Å². The zero-order valence-electron chi connectivity index (χ0n) is 11.8. The smallest absolute Gasteiger partial charge is 0.269 e. The number of rotatable bonds is 4. The Morgan fingerprint density at radius 2 is 2.27 bits per heavy atom. The molecule has 116 valence electrons. The average Bonchev–Trinajstić information content (AvgIpc) is 2.94. The maximum Gasteiger partial charge on any atom is 0.269 e. The molecule has 0 saturated carbocycles. The Morgan fingerprint density at radius 3 is 2.86 bits per heavy atom. The van der Waals surface area contributed by atoms with E-state index in [1.165, 1.54) is 18.0 Å². The van der Waals surface area contributed by atoms with Gasteiger partial charge in [-0.15, -0.1) is 5.10 Å². The molecule has 1 aromatic carbocycles. The SMILES string of the molecule is CCn1nnc(NC(=S)NC(=O)c2ccc(OC)c(Cl)c2)n1. The number of carbonyl (C=O) groups excluding carboxylic acids is 1. The van der Waals surface area contributed by atoms with Crippen molar-refractivity contribution < 1.29 is 9.53 Å². The molecule has 0 fully saturated rings. The lowest BCUT2D eigenvalue weighted by molar-refractivity contribution is 0.0977. The van der Waals surface area contributed by atoms with Gasteiger partial charge >= 0.3 is 0 Å². The Morgan fingerprint density at radius 1 is 1.50 bits per heavy atom. The second-order valence-electron chi connectivity index (χ2n) is 4.06. The molecule has 22 heavy (non-hydrogen) atoms. The summed E-state index contributed by atoms with van der Waals surface area (Å²) < 4.78 is 5.03. The number of carbonyl (C=O) groups is 1. The molecule has 2 N–H and O–H groups in total. The van der Waals surface area contributed by atoms with Crippen LogP contribution in [0.3, 0.4) is 0 Å². The molecule has 1 aromatic heterocycles. The zero-order valence-corrected chi connectivity index (χ0v) is 13.4. The van der Waals surface area contributed by atoms with Crippen LogP contribution in [0.25, 0.3) is 0 Å². The van der Waals surface area contributed by atoms with Crippen LogP contribution in [-0.4, -0.2) is 38.3 Å². The molecular formula is C12H13ClN6O2S. The van der Waals surface area contributed by atoms with Crippen molar-refractivity contribution in [1.82, 2.24) is 25.5 Å². The molecule has 0 aliphatic carbocycles. The minimum atomic E-state index is -0.412. The van der Waals surface area contributed by atoms with Crippen molar-refractivity contribution >= 4 is 40.8 Å². The normalized spacial score (nSPS) is 10.1. The molecule has 0 spiro atoms. The van der Waals surface area contributed by atoms with Crippen molar-refractivity contribution in [3.63, 3.8) is 0 Å². The number of hydrogen-bond acceptors (Lipinski definition) is 6. The number of thiocarbonyl (C=S) groups is 1. The van der Waals surface area contributed by atoms with Crippen LogP contribution in [0.2, 0.25) is 5.02 Å². The third kappa shape index (κ3) is 3.89. The van der Waals surface area contributed by atoms with Crippen LogP contribution in [0, 0.1) is 0 Å². The van der Waals surface area contributed by atoms with E-state index in [2.05, 4.69) is 26.0 Å². The molecule has 0 aliphatic heterocycles. The van der Waals surface area contributed by atoms with E-state index < -0.39 is 5.91 Å². The van der Waals surface area contributed by atoms with Gasteiger partial charge in [-0.25, -0.2) is 0 Å². The van der Waals surface area contributed by atoms with Crippen LogP contribution >= 0.6 is 23.8 Å². The van der Waals surface area contributed by atoms with Crippen LogP contribution in [-0.2, 0) is 6.54 Å². The van der Waals surface area contributed by atoms with Gasteiger partial charge in [0.1, 0.15) is 5.75 Å². The topological polar surface area (TPSA) is 94.0 Å². The average molecular weight is 341 g/mol. The molecule has 0 saturated heterocycles. The van der Waals surface area contributed by atoms with Crippen molar-refractivity contribution in [2.75, 3.05) is 12.4 Å². The standard InChI is InChI=1S/C12H13ClN6O2S/c1-3-19-17-11(16-18-19)15-12(22)14-10(20)7-4-5-9(21-2)8(13)6-7/h4-6H,3H2,1-2H3,(H2,14,15,17,20,22). The molecule has 1 heterocycles. The molecule has 8 nitrogen and oxygen atoms in total. The number of ether oxygens (including phenoxy) is 1. The molecule has 10 heteroatoms. The van der Waals surface area contributed by atoms with Gasteiger partial charge in [-0.2, -0.15) is 4.80 Å². The van der Waals surface area contributed by atoms with E-state index in [1.807, 2.05) is 6.92 Å². The maximum atomic E-state index is 12.1. The second-order valence-corrected chi connectivity index (χ2v) is 4.87. The number of benzene rings is 1. The van der Waals surface area contributed by atoms with Crippen molar-refractivity contribution in [1.29, 1.82) is 0 Å². The second kappa shape index (κ2) is 7.14. The van der Waals surface area contributed by atoms with Crippen molar-refractivity contribution in [2.24, 2.45) is 0 Å². The van der Waals surface area contributed by atoms with E-state index in [9.17, 15) is 4.79 Å². The van der Waals surface area contributed by atoms with E-state index >= 15 is 0 Å². The molecule has 0 aliphatic rings. The highest BCUT2D eigenvalue weighted by Gasteiger charge is 2.12. The number of nitrogens with one attached hydrogen (secondary N) is 2. The molecule has 0 unspecified atom stereocenters. The number of methoxy groups -OCH3 is 1. The van der Waals surface area contributed by atoms with Gasteiger partial charge in [0, 0.05) is 5.56 Å². The molecular weight excluding hydrogens is 328 g/mol. The van der Waals surface area contributed by atoms with E-state index in [0.29, 0.717) is 22.9 Å². The predicted octanol–water partition coefficient (Wildman–Crippen LogP) is 1.48. The Bertz CT molecular complexity index is 705. The number of hydrogen-bond donors (Lipinski definition) is 2. The Labute approximate surface area is 136 Å². The third-order valence-corrected chi connectivity index (χ3v) is 3.10. The van der Waals surface area contributed by atoms with Gasteiger partial charge in [-0.05, 0) is 42.6 Å². The van der Waals surface area contributed by atoms with Gasteiger partial charge in [0.15, 0.2) is 5.11 Å². The first kappa shape index (κ1) is 16.1. The van der Waals surface area contributed by atoms with E-state index in [-0.39, 0.29) is 11.1 Å². The summed E-state index contributed by atoms with van der Waals surface area (Å²) in [5.41, 5.74) is 0.347. The first-order valence-corrected chi connectivity index (χ1v) is 7.05. The first-order chi connectivity index (χ1) is 10.5. The van der Waals surface area contributed by atoms with E-state index in [4.69, 9.17) is 28.6 Å². The molecule has 0 atom stereocenters. The van der Waals surface area contributed by atoms with Crippen molar-refractivity contribution in [3.8, 4) is 5.75 Å². The third-order valence-electron chi connectivity index (χ3n) is 2.60. The summed E-state index contributed by atoms with van der Waals surface area (Å²) in [7, 11) is 1.50. The van der Waals surface area contributed by atoms with Crippen LogP contribution in [0.4, 0.5) is 5.95 Å². The summed E-state index contributed by atoms with van der Waals surface area (Å²) in [5.74, 6) is 0.282. The minimum Gasteiger partial charge on any atom is -0.495 e. The molecule has 1 amide bonds. The highest BCUT2D eigenvalue weighted by Crippen LogP contribution is 2.24. The monoisotopic (exact) mass is 340 g/mol. The zero-order chi connectivity index (χ0) is 16.1. The Kier molecular flexibility index (Phi) is 5.23. The van der Waals surface area contributed by atoms with Gasteiger partial charge < -0.3 is 4.74 Å². The number of amides is 1. The predicted molar refractivity (Wildman–Crippen MR) is 85.2 cm³/mol. The lowest BCUT2D eigenvalue weighted by Gasteiger charge is -2.08. The maximum absolute atomic E-state index is 12.1. The van der Waals surface area contributed by atoms with Crippen LogP contribution < -0.4 is 15.4 Å². The fourth-order valence-corrected chi connectivity index (χ4v) is 1.98. The van der Waals surface area contributed by atoms with Crippen LogP contribution in [0.1, 0.15) is 17.3 Å². The summed E-state index contributed by atoms with van der Waals surface area (Å²) in [5, 5.41) is 17.1. The van der Waals surface area contributed by atoms with Crippen LogP contribution in [0.5, 0.6) is 5.75 Å². The molecule has 2 aromatic rings. The lowest BCUT2D eigenvalue weighted by atomic mass is 10.2. The molecule has 2 rings (SSSR count).